The number of nitro groups is 2. The van der Waals surface area contributed by atoms with Gasteiger partial charge in [-0.1, -0.05) is 12.1 Å². The molecule has 1 aromatic heterocycles. The van der Waals surface area contributed by atoms with E-state index < -0.39 is 9.85 Å². The smallest absolute Gasteiger partial charge is 0.286 e. The number of pyridine rings is 1. The fourth-order valence-electron chi connectivity index (χ4n) is 1.90. The topological polar surface area (TPSA) is 108 Å². The quantitative estimate of drug-likeness (QED) is 0.632. The van der Waals surface area contributed by atoms with Crippen molar-refractivity contribution in [3.8, 4) is 0 Å². The summed E-state index contributed by atoms with van der Waals surface area (Å²) in [5, 5.41) is 21.4. The van der Waals surface area contributed by atoms with Crippen molar-refractivity contribution in [2.24, 2.45) is 0 Å². The Hall–Kier alpha value is -3.03. The molecule has 0 aliphatic heterocycles. The Kier molecular flexibility index (Phi) is 3.79. The van der Waals surface area contributed by atoms with Gasteiger partial charge in [0.2, 0.25) is 0 Å². The minimum absolute atomic E-state index is 0.0543. The highest BCUT2D eigenvalue weighted by Crippen LogP contribution is 2.14. The highest BCUT2D eigenvalue weighted by Gasteiger charge is 2.12. The Morgan fingerprint density at radius 2 is 1.62 bits per heavy atom. The molecule has 0 bridgehead atoms. The Labute approximate surface area is 118 Å². The maximum atomic E-state index is 12.0. The van der Waals surface area contributed by atoms with Gasteiger partial charge in [-0.05, 0) is 12.5 Å². The first-order valence-corrected chi connectivity index (χ1v) is 5.97. The van der Waals surface area contributed by atoms with Crippen LogP contribution in [0.5, 0.6) is 0 Å². The summed E-state index contributed by atoms with van der Waals surface area (Å²) in [6, 6.07) is 6.89. The van der Waals surface area contributed by atoms with Crippen molar-refractivity contribution >= 4 is 11.4 Å². The van der Waals surface area contributed by atoms with Crippen molar-refractivity contribution < 1.29 is 9.85 Å². The molecular formula is C13H11N3O5. The van der Waals surface area contributed by atoms with Gasteiger partial charge in [0.05, 0.1) is 22.6 Å². The number of nitro benzene ring substituents is 1. The molecule has 0 amide bonds. The van der Waals surface area contributed by atoms with Crippen LogP contribution in [-0.4, -0.2) is 14.4 Å². The van der Waals surface area contributed by atoms with Crippen LogP contribution < -0.4 is 5.56 Å². The number of benzene rings is 1. The zero-order valence-electron chi connectivity index (χ0n) is 11.1. The predicted molar refractivity (Wildman–Crippen MR) is 74.3 cm³/mol. The molecule has 0 unspecified atom stereocenters. The van der Waals surface area contributed by atoms with Gasteiger partial charge in [-0.2, -0.15) is 0 Å². The van der Waals surface area contributed by atoms with E-state index in [1.807, 2.05) is 0 Å². The van der Waals surface area contributed by atoms with Crippen molar-refractivity contribution in [3.05, 3.63) is 78.2 Å². The van der Waals surface area contributed by atoms with Crippen LogP contribution in [0.25, 0.3) is 0 Å². The van der Waals surface area contributed by atoms with E-state index in [2.05, 4.69) is 0 Å². The van der Waals surface area contributed by atoms with E-state index in [0.717, 1.165) is 6.20 Å². The Bertz CT molecular complexity index is 764. The molecule has 0 fully saturated rings. The lowest BCUT2D eigenvalue weighted by Gasteiger charge is -2.07. The SMILES string of the molecule is Cc1cc([N+](=O)[O-])cn(Cc2ccc([N+](=O)[O-])cc2)c1=O. The van der Waals surface area contributed by atoms with Gasteiger partial charge in [0, 0.05) is 23.8 Å². The molecule has 0 aliphatic carbocycles. The molecule has 2 aromatic rings. The molecule has 1 aromatic carbocycles. The van der Waals surface area contributed by atoms with Gasteiger partial charge in [-0.15, -0.1) is 0 Å². The molecule has 21 heavy (non-hydrogen) atoms. The molecule has 8 nitrogen and oxygen atoms in total. The second kappa shape index (κ2) is 5.53. The van der Waals surface area contributed by atoms with Crippen LogP contribution in [0.3, 0.4) is 0 Å². The Morgan fingerprint density at radius 1 is 1.05 bits per heavy atom. The number of hydrogen-bond donors (Lipinski definition) is 0. The second-order valence-electron chi connectivity index (χ2n) is 4.50. The van der Waals surface area contributed by atoms with Gasteiger partial charge >= 0.3 is 0 Å². The van der Waals surface area contributed by atoms with Crippen LogP contribution in [0.2, 0.25) is 0 Å². The Balaban J connectivity index is 2.37. The minimum atomic E-state index is -0.571. The first-order valence-electron chi connectivity index (χ1n) is 5.97. The van der Waals surface area contributed by atoms with Crippen LogP contribution >= 0.6 is 0 Å². The molecule has 0 N–H and O–H groups in total. The van der Waals surface area contributed by atoms with Gasteiger partial charge in [0.1, 0.15) is 0 Å². The number of hydrogen-bond acceptors (Lipinski definition) is 5. The third kappa shape index (κ3) is 3.11. The zero-order chi connectivity index (χ0) is 15.6. The highest BCUT2D eigenvalue weighted by molar-refractivity contribution is 5.34. The summed E-state index contributed by atoms with van der Waals surface area (Å²) < 4.78 is 1.22. The Morgan fingerprint density at radius 3 is 2.14 bits per heavy atom. The molecule has 0 radical (unpaired) electrons. The van der Waals surface area contributed by atoms with Crippen molar-refractivity contribution in [1.29, 1.82) is 0 Å². The molecule has 0 saturated carbocycles. The summed E-state index contributed by atoms with van der Waals surface area (Å²) in [5.74, 6) is 0. The van der Waals surface area contributed by atoms with Gasteiger partial charge in [0.25, 0.3) is 16.9 Å². The summed E-state index contributed by atoms with van der Waals surface area (Å²) >= 11 is 0. The van der Waals surface area contributed by atoms with Crippen molar-refractivity contribution in [2.75, 3.05) is 0 Å². The molecule has 108 valence electrons. The van der Waals surface area contributed by atoms with E-state index in [0.29, 0.717) is 5.56 Å². The number of rotatable bonds is 4. The summed E-state index contributed by atoms with van der Waals surface area (Å²) in [6.07, 6.45) is 1.16. The van der Waals surface area contributed by atoms with E-state index in [1.54, 1.807) is 0 Å². The van der Waals surface area contributed by atoms with Crippen molar-refractivity contribution in [1.82, 2.24) is 4.57 Å². The maximum absolute atomic E-state index is 12.0. The second-order valence-corrected chi connectivity index (χ2v) is 4.50. The average molecular weight is 289 g/mol. The molecule has 8 heteroatoms. The molecule has 2 rings (SSSR count). The lowest BCUT2D eigenvalue weighted by atomic mass is 10.2. The van der Waals surface area contributed by atoms with Gasteiger partial charge in [0.15, 0.2) is 0 Å². The molecular weight excluding hydrogens is 278 g/mol. The largest absolute Gasteiger partial charge is 0.304 e. The molecule has 0 atom stereocenters. The predicted octanol–water partition coefficient (Wildman–Crippen LogP) is 2.02. The monoisotopic (exact) mass is 289 g/mol. The zero-order valence-corrected chi connectivity index (χ0v) is 11.1. The fourth-order valence-corrected chi connectivity index (χ4v) is 1.90. The van der Waals surface area contributed by atoms with Crippen molar-refractivity contribution in [3.63, 3.8) is 0 Å². The van der Waals surface area contributed by atoms with Crippen LogP contribution in [0.15, 0.2) is 41.3 Å². The van der Waals surface area contributed by atoms with Gasteiger partial charge in [-0.3, -0.25) is 25.0 Å². The fraction of sp³-hybridized carbons (Fsp3) is 0.154. The van der Waals surface area contributed by atoms with Crippen LogP contribution in [-0.2, 0) is 6.54 Å². The summed E-state index contributed by atoms with van der Waals surface area (Å²) in [4.78, 5) is 32.2. The lowest BCUT2D eigenvalue weighted by Crippen LogP contribution is -2.22. The van der Waals surface area contributed by atoms with Gasteiger partial charge in [-0.25, -0.2) is 0 Å². The number of aryl methyl sites for hydroxylation is 1. The van der Waals surface area contributed by atoms with Gasteiger partial charge < -0.3 is 4.57 Å². The maximum Gasteiger partial charge on any atom is 0.286 e. The first kappa shape index (κ1) is 14.4. The third-order valence-electron chi connectivity index (χ3n) is 2.96. The molecule has 1 heterocycles. The first-order chi connectivity index (χ1) is 9.88. The third-order valence-corrected chi connectivity index (χ3v) is 2.96. The normalized spacial score (nSPS) is 10.3. The van der Waals surface area contributed by atoms with E-state index in [1.165, 1.54) is 41.8 Å². The van der Waals surface area contributed by atoms with E-state index in [9.17, 15) is 25.0 Å². The number of aromatic nitrogens is 1. The lowest BCUT2D eigenvalue weighted by molar-refractivity contribution is -0.385. The van der Waals surface area contributed by atoms with Crippen LogP contribution in [0, 0.1) is 27.2 Å². The van der Waals surface area contributed by atoms with E-state index >= 15 is 0 Å². The number of nitrogens with zero attached hydrogens (tertiary/aromatic N) is 3. The molecule has 0 spiro atoms. The molecule has 0 aliphatic rings. The van der Waals surface area contributed by atoms with E-state index in [4.69, 9.17) is 0 Å². The van der Waals surface area contributed by atoms with E-state index in [-0.39, 0.29) is 29.0 Å². The standard InChI is InChI=1S/C13H11N3O5/c1-9-6-12(16(20)21)8-14(13(9)17)7-10-2-4-11(5-3-10)15(18)19/h2-6,8H,7H2,1H3. The average Bonchev–Trinajstić information content (AvgIpc) is 2.44. The number of non-ortho nitro benzene ring substituents is 1. The van der Waals surface area contributed by atoms with Crippen molar-refractivity contribution in [2.45, 2.75) is 13.5 Å². The summed E-state index contributed by atoms with van der Waals surface area (Å²) in [7, 11) is 0. The van der Waals surface area contributed by atoms with Crippen LogP contribution in [0.4, 0.5) is 11.4 Å². The van der Waals surface area contributed by atoms with Crippen LogP contribution in [0.1, 0.15) is 11.1 Å². The molecule has 0 saturated heterocycles. The summed E-state index contributed by atoms with van der Waals surface area (Å²) in [5.41, 5.74) is 0.350. The minimum Gasteiger partial charge on any atom is -0.304 e. The highest BCUT2D eigenvalue weighted by atomic mass is 16.6. The summed E-state index contributed by atoms with van der Waals surface area (Å²) in [6.45, 7) is 1.61.